The van der Waals surface area contributed by atoms with Gasteiger partial charge in [0.15, 0.2) is 0 Å². The van der Waals surface area contributed by atoms with E-state index in [9.17, 15) is 4.79 Å². The second kappa shape index (κ2) is 4.61. The smallest absolute Gasteiger partial charge is 0.253 e. The lowest BCUT2D eigenvalue weighted by Gasteiger charge is -2.31. The first kappa shape index (κ1) is 11.1. The highest BCUT2D eigenvalue weighted by molar-refractivity contribution is 9.11. The van der Waals surface area contributed by atoms with Gasteiger partial charge in [-0.15, -0.1) is 11.3 Å². The zero-order valence-corrected chi connectivity index (χ0v) is 10.4. The van der Waals surface area contributed by atoms with Crippen LogP contribution in [-0.4, -0.2) is 31.7 Å². The number of ether oxygens (including phenoxy) is 1. The normalized spacial score (nSPS) is 22.1. The zero-order chi connectivity index (χ0) is 10.8. The molecule has 0 radical (unpaired) electrons. The number of hydrogen-bond donors (Lipinski definition) is 1. The minimum atomic E-state index is -0.0522. The van der Waals surface area contributed by atoms with Crippen LogP contribution < -0.4 is 10.6 Å². The summed E-state index contributed by atoms with van der Waals surface area (Å²) in [5.41, 5.74) is 5.53. The van der Waals surface area contributed by atoms with Crippen LogP contribution in [0.3, 0.4) is 0 Å². The molecular formula is C9H11BrN2O2S. The Bertz CT molecular complexity index is 369. The molecule has 0 spiro atoms. The van der Waals surface area contributed by atoms with Gasteiger partial charge in [-0.05, 0) is 28.1 Å². The number of hydrogen-bond acceptors (Lipinski definition) is 4. The van der Waals surface area contributed by atoms with Crippen LogP contribution >= 0.6 is 27.3 Å². The van der Waals surface area contributed by atoms with E-state index in [0.717, 1.165) is 8.79 Å². The molecule has 1 aliphatic heterocycles. The second-order valence-corrected chi connectivity index (χ2v) is 5.69. The van der Waals surface area contributed by atoms with E-state index in [1.54, 1.807) is 4.90 Å². The molecule has 2 heterocycles. The molecule has 1 fully saturated rings. The maximum absolute atomic E-state index is 11.6. The van der Waals surface area contributed by atoms with Crippen molar-refractivity contribution in [1.82, 2.24) is 0 Å². The summed E-state index contributed by atoms with van der Waals surface area (Å²) in [4.78, 5) is 13.3. The molecule has 0 saturated carbocycles. The first-order chi connectivity index (χ1) is 7.20. The molecule has 1 amide bonds. The van der Waals surface area contributed by atoms with Crippen LogP contribution in [0.15, 0.2) is 15.9 Å². The molecule has 0 bridgehead atoms. The quantitative estimate of drug-likeness (QED) is 0.891. The van der Waals surface area contributed by atoms with Crippen LogP contribution in [0.5, 0.6) is 0 Å². The number of nitrogens with zero attached hydrogens (tertiary/aromatic N) is 1. The summed E-state index contributed by atoms with van der Waals surface area (Å²) in [6, 6.07) is 3.85. The van der Waals surface area contributed by atoms with Gasteiger partial charge in [-0.25, -0.2) is 0 Å². The maximum atomic E-state index is 11.6. The van der Waals surface area contributed by atoms with Crippen molar-refractivity contribution < 1.29 is 9.53 Å². The summed E-state index contributed by atoms with van der Waals surface area (Å²) in [5, 5.41) is 0.939. The summed E-state index contributed by atoms with van der Waals surface area (Å²) in [5.74, 6) is -0.00551. The van der Waals surface area contributed by atoms with Crippen molar-refractivity contribution in [3.63, 3.8) is 0 Å². The van der Waals surface area contributed by atoms with Gasteiger partial charge in [-0.1, -0.05) is 0 Å². The lowest BCUT2D eigenvalue weighted by atomic mass is 10.3. The van der Waals surface area contributed by atoms with E-state index in [2.05, 4.69) is 15.9 Å². The molecule has 2 N–H and O–H groups in total. The van der Waals surface area contributed by atoms with Gasteiger partial charge in [0.25, 0.3) is 5.91 Å². The number of anilines is 1. The number of carbonyl (C=O) groups excluding carboxylic acids is 1. The van der Waals surface area contributed by atoms with Crippen molar-refractivity contribution in [3.8, 4) is 0 Å². The van der Waals surface area contributed by atoms with Gasteiger partial charge in [-0.2, -0.15) is 0 Å². The van der Waals surface area contributed by atoms with E-state index in [-0.39, 0.29) is 18.6 Å². The lowest BCUT2D eigenvalue weighted by Crippen LogP contribution is -2.49. The van der Waals surface area contributed by atoms with Gasteiger partial charge in [0.2, 0.25) is 0 Å². The molecule has 2 rings (SSSR count). The Balaban J connectivity index is 2.15. The van der Waals surface area contributed by atoms with E-state index >= 15 is 0 Å². The van der Waals surface area contributed by atoms with E-state index in [4.69, 9.17) is 10.5 Å². The number of carbonyl (C=O) groups is 1. The molecule has 6 heteroatoms. The number of morpholine rings is 1. The highest BCUT2D eigenvalue weighted by Gasteiger charge is 2.27. The van der Waals surface area contributed by atoms with Crippen molar-refractivity contribution in [1.29, 1.82) is 0 Å². The summed E-state index contributed by atoms with van der Waals surface area (Å²) in [6.07, 6.45) is -0.0522. The van der Waals surface area contributed by atoms with Gasteiger partial charge in [0.05, 0.1) is 21.4 Å². The van der Waals surface area contributed by atoms with Crippen molar-refractivity contribution in [2.75, 3.05) is 24.6 Å². The summed E-state index contributed by atoms with van der Waals surface area (Å²) < 4.78 is 6.29. The lowest BCUT2D eigenvalue weighted by molar-refractivity contribution is -0.128. The van der Waals surface area contributed by atoms with Crippen LogP contribution in [0.25, 0.3) is 0 Å². The number of thiophene rings is 1. The zero-order valence-electron chi connectivity index (χ0n) is 7.98. The third-order valence-electron chi connectivity index (χ3n) is 2.22. The van der Waals surface area contributed by atoms with Crippen LogP contribution in [0.1, 0.15) is 0 Å². The Morgan fingerprint density at radius 1 is 1.67 bits per heavy atom. The molecule has 1 aromatic heterocycles. The Morgan fingerprint density at radius 2 is 2.47 bits per heavy atom. The molecule has 1 aromatic rings. The number of nitrogens with two attached hydrogens (primary N) is 1. The predicted molar refractivity (Wildman–Crippen MR) is 63.2 cm³/mol. The summed E-state index contributed by atoms with van der Waals surface area (Å²) in [7, 11) is 0. The molecular weight excluding hydrogens is 280 g/mol. The van der Waals surface area contributed by atoms with Crippen LogP contribution in [0.4, 0.5) is 5.00 Å². The maximum Gasteiger partial charge on any atom is 0.253 e. The molecule has 0 aromatic carbocycles. The third-order valence-corrected chi connectivity index (χ3v) is 3.86. The van der Waals surface area contributed by atoms with Gasteiger partial charge in [0.1, 0.15) is 6.61 Å². The fourth-order valence-corrected chi connectivity index (χ4v) is 2.82. The third kappa shape index (κ3) is 2.39. The topological polar surface area (TPSA) is 55.6 Å². The van der Waals surface area contributed by atoms with Crippen molar-refractivity contribution in [3.05, 3.63) is 15.9 Å². The van der Waals surface area contributed by atoms with Gasteiger partial charge >= 0.3 is 0 Å². The van der Waals surface area contributed by atoms with Gasteiger partial charge in [-0.3, -0.25) is 9.69 Å². The molecule has 1 saturated heterocycles. The second-order valence-electron chi connectivity index (χ2n) is 3.25. The Kier molecular flexibility index (Phi) is 3.40. The molecule has 4 nitrogen and oxygen atoms in total. The highest BCUT2D eigenvalue weighted by Crippen LogP contribution is 2.31. The minimum absolute atomic E-state index is 0.00551. The molecule has 15 heavy (non-hydrogen) atoms. The Morgan fingerprint density at radius 3 is 3.07 bits per heavy atom. The van der Waals surface area contributed by atoms with Crippen molar-refractivity contribution in [2.24, 2.45) is 5.73 Å². The predicted octanol–water partition coefficient (Wildman–Crippen LogP) is 1.20. The largest absolute Gasteiger partial charge is 0.365 e. The molecule has 0 aliphatic carbocycles. The highest BCUT2D eigenvalue weighted by atomic mass is 79.9. The monoisotopic (exact) mass is 290 g/mol. The minimum Gasteiger partial charge on any atom is -0.365 e. The molecule has 82 valence electrons. The van der Waals surface area contributed by atoms with Gasteiger partial charge in [0, 0.05) is 6.54 Å². The van der Waals surface area contributed by atoms with Gasteiger partial charge < -0.3 is 10.5 Å². The van der Waals surface area contributed by atoms with E-state index < -0.39 is 0 Å². The summed E-state index contributed by atoms with van der Waals surface area (Å²) >= 11 is 4.91. The first-order valence-electron chi connectivity index (χ1n) is 4.58. The van der Waals surface area contributed by atoms with Crippen LogP contribution in [0, 0.1) is 0 Å². The van der Waals surface area contributed by atoms with Crippen molar-refractivity contribution in [2.45, 2.75) is 6.10 Å². The standard InChI is InChI=1S/C9H11BrN2O2S/c10-7-1-2-9(15-7)12-4-6(3-11)14-5-8(12)13/h1-2,6H,3-5,11H2. The average Bonchev–Trinajstić information content (AvgIpc) is 2.65. The Labute approximate surface area is 100 Å². The average molecular weight is 291 g/mol. The van der Waals surface area contributed by atoms with Crippen LogP contribution in [-0.2, 0) is 9.53 Å². The summed E-state index contributed by atoms with van der Waals surface area (Å²) in [6.45, 7) is 1.11. The molecule has 1 aliphatic rings. The number of amides is 1. The SMILES string of the molecule is NCC1CN(c2ccc(Br)s2)C(=O)CO1. The van der Waals surface area contributed by atoms with E-state index in [1.807, 2.05) is 12.1 Å². The fourth-order valence-electron chi connectivity index (χ4n) is 1.43. The fraction of sp³-hybridized carbons (Fsp3) is 0.444. The van der Waals surface area contributed by atoms with Crippen LogP contribution in [0.2, 0.25) is 0 Å². The molecule has 1 atom stereocenters. The number of rotatable bonds is 2. The molecule has 1 unspecified atom stereocenters. The van der Waals surface area contributed by atoms with Crippen molar-refractivity contribution >= 4 is 38.2 Å². The van der Waals surface area contributed by atoms with E-state index in [1.165, 1.54) is 11.3 Å². The van der Waals surface area contributed by atoms with E-state index in [0.29, 0.717) is 13.1 Å². The Hall–Kier alpha value is -0.430. The first-order valence-corrected chi connectivity index (χ1v) is 6.19. The number of halogens is 1.